The van der Waals surface area contributed by atoms with Crippen molar-refractivity contribution in [1.82, 2.24) is 4.90 Å². The maximum atomic E-state index is 12.8. The molecule has 5 nitrogen and oxygen atoms in total. The fourth-order valence-corrected chi connectivity index (χ4v) is 3.06. The summed E-state index contributed by atoms with van der Waals surface area (Å²) >= 11 is 0. The molecule has 0 radical (unpaired) electrons. The zero-order valence-electron chi connectivity index (χ0n) is 14.8. The molecule has 5 heteroatoms. The molecule has 1 amide bonds. The van der Waals surface area contributed by atoms with E-state index in [0.717, 1.165) is 13.1 Å². The second-order valence-corrected chi connectivity index (χ2v) is 5.91. The second-order valence-electron chi connectivity index (χ2n) is 5.91. The van der Waals surface area contributed by atoms with Gasteiger partial charge in [0.05, 0.1) is 13.7 Å². The van der Waals surface area contributed by atoms with E-state index >= 15 is 0 Å². The third kappa shape index (κ3) is 3.87. The Morgan fingerprint density at radius 1 is 1.00 bits per heavy atom. The maximum absolute atomic E-state index is 12.8. The fourth-order valence-electron chi connectivity index (χ4n) is 3.06. The average molecular weight is 340 g/mol. The Kier molecular flexibility index (Phi) is 5.43. The molecule has 2 aromatic rings. The quantitative estimate of drug-likeness (QED) is 0.839. The first-order chi connectivity index (χ1) is 12.2. The van der Waals surface area contributed by atoms with Crippen molar-refractivity contribution in [3.8, 4) is 11.5 Å². The summed E-state index contributed by atoms with van der Waals surface area (Å²) in [6.45, 7) is 5.58. The zero-order valence-corrected chi connectivity index (χ0v) is 14.8. The second kappa shape index (κ2) is 7.92. The highest BCUT2D eigenvalue weighted by atomic mass is 16.5. The van der Waals surface area contributed by atoms with Gasteiger partial charge in [-0.1, -0.05) is 18.2 Å². The summed E-state index contributed by atoms with van der Waals surface area (Å²) in [4.78, 5) is 17.0. The molecule has 25 heavy (non-hydrogen) atoms. The molecule has 3 rings (SSSR count). The molecule has 0 saturated carbocycles. The van der Waals surface area contributed by atoms with Crippen LogP contribution >= 0.6 is 0 Å². The van der Waals surface area contributed by atoms with Gasteiger partial charge in [0.15, 0.2) is 11.5 Å². The number of amides is 1. The Morgan fingerprint density at radius 2 is 1.72 bits per heavy atom. The maximum Gasteiger partial charge on any atom is 0.254 e. The minimum Gasteiger partial charge on any atom is -0.493 e. The third-order valence-electron chi connectivity index (χ3n) is 4.40. The number of anilines is 1. The average Bonchev–Trinajstić information content (AvgIpc) is 2.69. The minimum atomic E-state index is 0.0362. The molecule has 0 unspecified atom stereocenters. The van der Waals surface area contributed by atoms with Gasteiger partial charge in [-0.05, 0) is 37.3 Å². The molecular weight excluding hydrogens is 316 g/mol. The molecule has 0 bridgehead atoms. The van der Waals surface area contributed by atoms with Crippen molar-refractivity contribution < 1.29 is 14.3 Å². The van der Waals surface area contributed by atoms with Crippen LogP contribution in [0.2, 0.25) is 0 Å². The SMILES string of the molecule is CCOc1ccc(C(=O)N2CCN(c3ccccc3)CC2)cc1OC. The number of carbonyl (C=O) groups is 1. The standard InChI is InChI=1S/C20H24N2O3/c1-3-25-18-10-9-16(15-19(18)24-2)20(23)22-13-11-21(12-14-22)17-7-5-4-6-8-17/h4-10,15H,3,11-14H2,1-2H3. The van der Waals surface area contributed by atoms with Gasteiger partial charge in [-0.3, -0.25) is 4.79 Å². The van der Waals surface area contributed by atoms with Gasteiger partial charge in [-0.15, -0.1) is 0 Å². The molecule has 0 atom stereocenters. The van der Waals surface area contributed by atoms with Crippen LogP contribution in [0.25, 0.3) is 0 Å². The topological polar surface area (TPSA) is 42.0 Å². The summed E-state index contributed by atoms with van der Waals surface area (Å²) in [5.41, 5.74) is 1.84. The van der Waals surface area contributed by atoms with Crippen LogP contribution in [0, 0.1) is 0 Å². The Morgan fingerprint density at radius 3 is 2.36 bits per heavy atom. The van der Waals surface area contributed by atoms with Crippen molar-refractivity contribution in [1.29, 1.82) is 0 Å². The number of nitrogens with zero attached hydrogens (tertiary/aromatic N) is 2. The fraction of sp³-hybridized carbons (Fsp3) is 0.350. The lowest BCUT2D eigenvalue weighted by molar-refractivity contribution is 0.0746. The van der Waals surface area contributed by atoms with Crippen molar-refractivity contribution in [2.75, 3.05) is 44.8 Å². The first kappa shape index (κ1) is 17.1. The van der Waals surface area contributed by atoms with Crippen molar-refractivity contribution in [3.63, 3.8) is 0 Å². The Bertz CT molecular complexity index is 710. The zero-order chi connectivity index (χ0) is 17.6. The highest BCUT2D eigenvalue weighted by molar-refractivity contribution is 5.95. The van der Waals surface area contributed by atoms with Crippen LogP contribution in [-0.2, 0) is 0 Å². The number of hydrogen-bond acceptors (Lipinski definition) is 4. The molecular formula is C20H24N2O3. The van der Waals surface area contributed by atoms with Gasteiger partial charge in [-0.25, -0.2) is 0 Å². The lowest BCUT2D eigenvalue weighted by atomic mass is 10.1. The number of methoxy groups -OCH3 is 1. The molecule has 132 valence electrons. The van der Waals surface area contributed by atoms with E-state index in [1.807, 2.05) is 30.0 Å². The van der Waals surface area contributed by atoms with Crippen LogP contribution in [0.4, 0.5) is 5.69 Å². The number of benzene rings is 2. The Hall–Kier alpha value is -2.69. The third-order valence-corrected chi connectivity index (χ3v) is 4.40. The lowest BCUT2D eigenvalue weighted by Crippen LogP contribution is -2.48. The predicted octanol–water partition coefficient (Wildman–Crippen LogP) is 3.06. The van der Waals surface area contributed by atoms with Crippen molar-refractivity contribution in [2.24, 2.45) is 0 Å². The van der Waals surface area contributed by atoms with Crippen molar-refractivity contribution >= 4 is 11.6 Å². The van der Waals surface area contributed by atoms with E-state index in [1.165, 1.54) is 5.69 Å². The van der Waals surface area contributed by atoms with E-state index in [0.29, 0.717) is 36.8 Å². The van der Waals surface area contributed by atoms with Crippen LogP contribution in [0.5, 0.6) is 11.5 Å². The highest BCUT2D eigenvalue weighted by Crippen LogP contribution is 2.28. The van der Waals surface area contributed by atoms with Crippen LogP contribution in [0.15, 0.2) is 48.5 Å². The number of carbonyl (C=O) groups excluding carboxylic acids is 1. The van der Waals surface area contributed by atoms with Gasteiger partial charge in [0.2, 0.25) is 0 Å². The molecule has 1 fully saturated rings. The summed E-state index contributed by atoms with van der Waals surface area (Å²) in [7, 11) is 1.59. The van der Waals surface area contributed by atoms with Gasteiger partial charge in [-0.2, -0.15) is 0 Å². The van der Waals surface area contributed by atoms with E-state index in [1.54, 1.807) is 25.3 Å². The van der Waals surface area contributed by atoms with E-state index in [2.05, 4.69) is 17.0 Å². The smallest absolute Gasteiger partial charge is 0.254 e. The summed E-state index contributed by atoms with van der Waals surface area (Å²) in [6.07, 6.45) is 0. The molecule has 0 spiro atoms. The first-order valence-corrected chi connectivity index (χ1v) is 8.63. The molecule has 2 aromatic carbocycles. The van der Waals surface area contributed by atoms with Crippen LogP contribution in [0.3, 0.4) is 0 Å². The number of hydrogen-bond donors (Lipinski definition) is 0. The molecule has 1 aliphatic heterocycles. The lowest BCUT2D eigenvalue weighted by Gasteiger charge is -2.36. The van der Waals surface area contributed by atoms with Gasteiger partial charge < -0.3 is 19.3 Å². The minimum absolute atomic E-state index is 0.0362. The first-order valence-electron chi connectivity index (χ1n) is 8.63. The molecule has 0 aliphatic carbocycles. The van der Waals surface area contributed by atoms with E-state index in [-0.39, 0.29) is 5.91 Å². The number of rotatable bonds is 5. The van der Waals surface area contributed by atoms with E-state index < -0.39 is 0 Å². The highest BCUT2D eigenvalue weighted by Gasteiger charge is 2.23. The summed E-state index contributed by atoms with van der Waals surface area (Å²) in [5.74, 6) is 1.29. The molecule has 1 saturated heterocycles. The summed E-state index contributed by atoms with van der Waals surface area (Å²) < 4.78 is 10.9. The van der Waals surface area contributed by atoms with Crippen molar-refractivity contribution in [2.45, 2.75) is 6.92 Å². The van der Waals surface area contributed by atoms with Crippen molar-refractivity contribution in [3.05, 3.63) is 54.1 Å². The monoisotopic (exact) mass is 340 g/mol. The summed E-state index contributed by atoms with van der Waals surface area (Å²) in [6, 6.07) is 15.7. The molecule has 0 N–H and O–H groups in total. The van der Waals surface area contributed by atoms with Gasteiger partial charge in [0, 0.05) is 37.4 Å². The molecule has 1 heterocycles. The Balaban J connectivity index is 1.66. The number of para-hydroxylation sites is 1. The number of ether oxygens (including phenoxy) is 2. The van der Waals surface area contributed by atoms with Gasteiger partial charge in [0.25, 0.3) is 5.91 Å². The normalized spacial score (nSPS) is 14.3. The van der Waals surface area contributed by atoms with E-state index in [9.17, 15) is 4.79 Å². The molecule has 0 aromatic heterocycles. The van der Waals surface area contributed by atoms with Gasteiger partial charge in [0.1, 0.15) is 0 Å². The predicted molar refractivity (Wildman–Crippen MR) is 98.7 cm³/mol. The Labute approximate surface area is 148 Å². The van der Waals surface area contributed by atoms with Crippen LogP contribution < -0.4 is 14.4 Å². The van der Waals surface area contributed by atoms with Crippen LogP contribution in [0.1, 0.15) is 17.3 Å². The summed E-state index contributed by atoms with van der Waals surface area (Å²) in [5, 5.41) is 0. The van der Waals surface area contributed by atoms with E-state index in [4.69, 9.17) is 9.47 Å². The molecule has 1 aliphatic rings. The number of piperazine rings is 1. The largest absolute Gasteiger partial charge is 0.493 e. The van der Waals surface area contributed by atoms with Crippen LogP contribution in [-0.4, -0.2) is 50.7 Å². The van der Waals surface area contributed by atoms with Gasteiger partial charge >= 0.3 is 0 Å².